The van der Waals surface area contributed by atoms with Crippen LogP contribution < -0.4 is 20.9 Å². The molecule has 3 N–H and O–H groups in total. The zero-order valence-corrected chi connectivity index (χ0v) is 19.2. The summed E-state index contributed by atoms with van der Waals surface area (Å²) in [7, 11) is 3.29. The molecule has 1 aliphatic heterocycles. The van der Waals surface area contributed by atoms with E-state index in [1.54, 1.807) is 26.2 Å². The smallest absolute Gasteiger partial charge is 0.251 e. The fourth-order valence-electron chi connectivity index (χ4n) is 3.33. The summed E-state index contributed by atoms with van der Waals surface area (Å²) in [4.78, 5) is 17.7. The number of carbonyl (C=O) groups excluding carboxylic acids is 1. The number of amides is 1. The molecule has 0 radical (unpaired) electrons. The Bertz CT molecular complexity index is 891. The van der Waals surface area contributed by atoms with Gasteiger partial charge in [0.1, 0.15) is 11.6 Å². The first-order valence-corrected chi connectivity index (χ1v) is 9.48. The van der Waals surface area contributed by atoms with E-state index in [0.717, 1.165) is 18.1 Å². The molecule has 9 heteroatoms. The molecular formula is C21H26F2IN5O. The van der Waals surface area contributed by atoms with Gasteiger partial charge in [0.2, 0.25) is 0 Å². The Morgan fingerprint density at radius 3 is 2.57 bits per heavy atom. The quantitative estimate of drug-likeness (QED) is 0.317. The molecule has 1 fully saturated rings. The molecule has 2 aromatic carbocycles. The van der Waals surface area contributed by atoms with Gasteiger partial charge < -0.3 is 20.9 Å². The summed E-state index contributed by atoms with van der Waals surface area (Å²) >= 11 is 0. The van der Waals surface area contributed by atoms with Gasteiger partial charge >= 0.3 is 0 Å². The second-order valence-corrected chi connectivity index (χ2v) is 6.87. The maximum absolute atomic E-state index is 14.0. The molecule has 3 rings (SSSR count). The molecule has 1 atom stereocenters. The highest BCUT2D eigenvalue weighted by molar-refractivity contribution is 14.0. The predicted octanol–water partition coefficient (Wildman–Crippen LogP) is 2.89. The fraction of sp³-hybridized carbons (Fsp3) is 0.333. The number of nitrogens with zero attached hydrogens (tertiary/aromatic N) is 2. The monoisotopic (exact) mass is 529 g/mol. The van der Waals surface area contributed by atoms with Crippen LogP contribution in [0.1, 0.15) is 22.3 Å². The van der Waals surface area contributed by atoms with E-state index in [-0.39, 0.29) is 35.9 Å². The lowest BCUT2D eigenvalue weighted by atomic mass is 10.1. The number of anilines is 1. The van der Waals surface area contributed by atoms with Gasteiger partial charge in [-0.3, -0.25) is 9.79 Å². The Balaban J connectivity index is 0.00000320. The van der Waals surface area contributed by atoms with Crippen LogP contribution in [0.25, 0.3) is 0 Å². The van der Waals surface area contributed by atoms with E-state index in [2.05, 4.69) is 20.9 Å². The molecule has 1 amide bonds. The van der Waals surface area contributed by atoms with Gasteiger partial charge in [-0.2, -0.15) is 0 Å². The summed E-state index contributed by atoms with van der Waals surface area (Å²) in [6, 6.07) is 11.1. The Morgan fingerprint density at radius 2 is 1.93 bits per heavy atom. The normalized spacial score (nSPS) is 16.1. The molecule has 0 saturated carbocycles. The van der Waals surface area contributed by atoms with Crippen LogP contribution in [0, 0.1) is 11.6 Å². The van der Waals surface area contributed by atoms with Crippen molar-refractivity contribution in [3.63, 3.8) is 0 Å². The number of halogens is 3. The number of aliphatic imine (C=N–C) groups is 1. The molecule has 6 nitrogen and oxygen atoms in total. The van der Waals surface area contributed by atoms with Crippen LogP contribution in [0.3, 0.4) is 0 Å². The summed E-state index contributed by atoms with van der Waals surface area (Å²) in [5.74, 6) is -0.599. The first kappa shape index (κ1) is 23.8. The number of hydrogen-bond acceptors (Lipinski definition) is 3. The molecule has 0 bridgehead atoms. The lowest BCUT2D eigenvalue weighted by Gasteiger charge is -2.21. The van der Waals surface area contributed by atoms with Crippen LogP contribution in [0.4, 0.5) is 14.5 Å². The van der Waals surface area contributed by atoms with Crippen molar-refractivity contribution >= 4 is 41.5 Å². The molecule has 1 unspecified atom stereocenters. The van der Waals surface area contributed by atoms with Gasteiger partial charge in [0, 0.05) is 51.4 Å². The summed E-state index contributed by atoms with van der Waals surface area (Å²) in [6.07, 6.45) is 0.818. The van der Waals surface area contributed by atoms with E-state index >= 15 is 0 Å². The lowest BCUT2D eigenvalue weighted by molar-refractivity contribution is 0.0963. The second-order valence-electron chi connectivity index (χ2n) is 6.87. The van der Waals surface area contributed by atoms with Crippen molar-refractivity contribution in [1.82, 2.24) is 16.0 Å². The van der Waals surface area contributed by atoms with Crippen LogP contribution >= 0.6 is 24.0 Å². The number of nitrogens with one attached hydrogen (secondary N) is 3. The van der Waals surface area contributed by atoms with E-state index in [1.165, 1.54) is 12.1 Å². The van der Waals surface area contributed by atoms with Crippen molar-refractivity contribution in [3.05, 3.63) is 65.2 Å². The van der Waals surface area contributed by atoms with Crippen molar-refractivity contribution < 1.29 is 13.6 Å². The number of hydrogen-bond donors (Lipinski definition) is 3. The van der Waals surface area contributed by atoms with E-state index in [9.17, 15) is 13.6 Å². The summed E-state index contributed by atoms with van der Waals surface area (Å²) in [6.45, 7) is 1.83. The molecule has 1 heterocycles. The molecule has 2 aromatic rings. The maximum Gasteiger partial charge on any atom is 0.251 e. The van der Waals surface area contributed by atoms with Crippen LogP contribution in [-0.2, 0) is 6.54 Å². The Kier molecular flexibility index (Phi) is 8.82. The lowest BCUT2D eigenvalue weighted by Crippen LogP contribution is -2.44. The summed E-state index contributed by atoms with van der Waals surface area (Å²) < 4.78 is 27.1. The van der Waals surface area contributed by atoms with Crippen molar-refractivity contribution in [3.8, 4) is 0 Å². The average molecular weight is 529 g/mol. The van der Waals surface area contributed by atoms with Gasteiger partial charge in [-0.15, -0.1) is 24.0 Å². The van der Waals surface area contributed by atoms with Crippen molar-refractivity contribution in [2.45, 2.75) is 19.0 Å². The fourth-order valence-corrected chi connectivity index (χ4v) is 3.33. The molecule has 0 spiro atoms. The topological polar surface area (TPSA) is 68.8 Å². The van der Waals surface area contributed by atoms with Crippen LogP contribution in [-0.4, -0.2) is 45.1 Å². The third kappa shape index (κ3) is 6.04. The first-order valence-electron chi connectivity index (χ1n) is 9.48. The maximum atomic E-state index is 14.0. The molecule has 0 aromatic heterocycles. The zero-order chi connectivity index (χ0) is 20.8. The van der Waals surface area contributed by atoms with Gasteiger partial charge in [-0.1, -0.05) is 12.1 Å². The number of carbonyl (C=O) groups is 1. The SMILES string of the molecule is CN=C(NCc1ccc(C(=O)NC)cc1)NC1CCN(c2ccc(F)cc2F)C1.I. The Labute approximate surface area is 192 Å². The Morgan fingerprint density at radius 1 is 1.20 bits per heavy atom. The van der Waals surface area contributed by atoms with Crippen LogP contribution in [0.15, 0.2) is 47.5 Å². The predicted molar refractivity (Wildman–Crippen MR) is 126 cm³/mol. The van der Waals surface area contributed by atoms with Crippen molar-refractivity contribution in [2.24, 2.45) is 4.99 Å². The third-order valence-corrected chi connectivity index (χ3v) is 4.91. The number of rotatable bonds is 5. The third-order valence-electron chi connectivity index (χ3n) is 4.91. The highest BCUT2D eigenvalue weighted by atomic mass is 127. The van der Waals surface area contributed by atoms with Crippen LogP contribution in [0.2, 0.25) is 0 Å². The van der Waals surface area contributed by atoms with Gasteiger partial charge in [0.25, 0.3) is 5.91 Å². The molecule has 1 aliphatic rings. The molecule has 162 valence electrons. The minimum absolute atomic E-state index is 0. The first-order chi connectivity index (χ1) is 14.0. The summed E-state index contributed by atoms with van der Waals surface area (Å²) in [5, 5.41) is 9.18. The largest absolute Gasteiger partial charge is 0.367 e. The van der Waals surface area contributed by atoms with Crippen molar-refractivity contribution in [1.29, 1.82) is 0 Å². The van der Waals surface area contributed by atoms with Gasteiger partial charge in [-0.05, 0) is 36.2 Å². The molecule has 1 saturated heterocycles. The van der Waals surface area contributed by atoms with Crippen LogP contribution in [0.5, 0.6) is 0 Å². The Hall–Kier alpha value is -2.43. The number of benzene rings is 2. The van der Waals surface area contributed by atoms with E-state index < -0.39 is 11.6 Å². The summed E-state index contributed by atoms with van der Waals surface area (Å²) in [5.41, 5.74) is 2.04. The standard InChI is InChI=1S/C21H25F2N5O.HI/c1-24-20(29)15-5-3-14(4-6-15)12-26-21(25-2)27-17-9-10-28(13-17)19-8-7-16(22)11-18(19)23;/h3-8,11,17H,9-10,12-13H2,1-2H3,(H,24,29)(H2,25,26,27);1H. The van der Waals surface area contributed by atoms with E-state index in [0.29, 0.717) is 36.8 Å². The highest BCUT2D eigenvalue weighted by Crippen LogP contribution is 2.24. The molecule has 0 aliphatic carbocycles. The highest BCUT2D eigenvalue weighted by Gasteiger charge is 2.25. The second kappa shape index (κ2) is 11.1. The molecule has 30 heavy (non-hydrogen) atoms. The van der Waals surface area contributed by atoms with Gasteiger partial charge in [-0.25, -0.2) is 8.78 Å². The number of guanidine groups is 1. The van der Waals surface area contributed by atoms with Gasteiger partial charge in [0.05, 0.1) is 5.69 Å². The minimum atomic E-state index is -0.576. The van der Waals surface area contributed by atoms with E-state index in [1.807, 2.05) is 17.0 Å². The zero-order valence-electron chi connectivity index (χ0n) is 16.9. The van der Waals surface area contributed by atoms with Gasteiger partial charge in [0.15, 0.2) is 5.96 Å². The van der Waals surface area contributed by atoms with E-state index in [4.69, 9.17) is 0 Å². The average Bonchev–Trinajstić information content (AvgIpc) is 3.19. The minimum Gasteiger partial charge on any atom is -0.367 e. The molecular weight excluding hydrogens is 503 g/mol. The van der Waals surface area contributed by atoms with Crippen molar-refractivity contribution in [2.75, 3.05) is 32.1 Å².